The summed E-state index contributed by atoms with van der Waals surface area (Å²) < 4.78 is 0. The summed E-state index contributed by atoms with van der Waals surface area (Å²) in [7, 11) is 2.09. The maximum absolute atomic E-state index is 12.8. The number of Topliss-reactive ketones (excluding diaryl/α,β-unsaturated/α-hetero) is 1. The number of nitrogens with one attached hydrogen (secondary N) is 2. The van der Waals surface area contributed by atoms with E-state index in [9.17, 15) is 14.4 Å². The van der Waals surface area contributed by atoms with Gasteiger partial charge in [0, 0.05) is 45.1 Å². The third-order valence-electron chi connectivity index (χ3n) is 6.16. The van der Waals surface area contributed by atoms with Crippen molar-refractivity contribution in [1.29, 1.82) is 0 Å². The number of unbranched alkanes of at least 4 members (excludes halogenated alkanes) is 2. The minimum Gasteiger partial charge on any atom is -0.352 e. The van der Waals surface area contributed by atoms with Gasteiger partial charge in [-0.3, -0.25) is 19.3 Å². The topological polar surface area (TPSA) is 81.8 Å². The molecule has 166 valence electrons. The predicted molar refractivity (Wildman–Crippen MR) is 115 cm³/mol. The predicted octanol–water partition coefficient (Wildman–Crippen LogP) is 1.71. The molecule has 0 aromatic rings. The summed E-state index contributed by atoms with van der Waals surface area (Å²) in [5.74, 6) is 0.177. The fourth-order valence-corrected chi connectivity index (χ4v) is 4.11. The molecule has 2 aliphatic rings. The number of hydrogen-bond donors (Lipinski definition) is 2. The summed E-state index contributed by atoms with van der Waals surface area (Å²) in [6.45, 7) is 5.95. The Bertz CT molecular complexity index is 526. The molecule has 7 heteroatoms. The van der Waals surface area contributed by atoms with Gasteiger partial charge in [0.05, 0.1) is 6.54 Å². The molecule has 2 fully saturated rings. The summed E-state index contributed by atoms with van der Waals surface area (Å²) in [6, 6.07) is -0.223. The van der Waals surface area contributed by atoms with Gasteiger partial charge >= 0.3 is 0 Å². The van der Waals surface area contributed by atoms with Gasteiger partial charge < -0.3 is 15.5 Å². The van der Waals surface area contributed by atoms with Crippen molar-refractivity contribution in [3.05, 3.63) is 0 Å². The van der Waals surface area contributed by atoms with E-state index in [0.29, 0.717) is 31.6 Å². The van der Waals surface area contributed by atoms with E-state index in [0.717, 1.165) is 71.1 Å². The van der Waals surface area contributed by atoms with Gasteiger partial charge in [0.15, 0.2) is 0 Å². The number of carbonyl (C=O) groups excluding carboxylic acids is 3. The van der Waals surface area contributed by atoms with Crippen LogP contribution in [0.1, 0.15) is 71.1 Å². The normalized spacial score (nSPS) is 19.8. The fraction of sp³-hybridized carbons (Fsp3) is 0.864. The van der Waals surface area contributed by atoms with E-state index in [1.165, 1.54) is 0 Å². The molecule has 0 spiro atoms. The summed E-state index contributed by atoms with van der Waals surface area (Å²) in [5.41, 5.74) is 0. The second kappa shape index (κ2) is 13.0. The highest BCUT2D eigenvalue weighted by Gasteiger charge is 2.25. The number of piperazine rings is 1. The van der Waals surface area contributed by atoms with Crippen molar-refractivity contribution < 1.29 is 14.4 Å². The van der Waals surface area contributed by atoms with Crippen LogP contribution in [0.3, 0.4) is 0 Å². The first-order valence-electron chi connectivity index (χ1n) is 11.5. The zero-order chi connectivity index (χ0) is 21.1. The number of carbonyl (C=O) groups is 3. The van der Waals surface area contributed by atoms with E-state index < -0.39 is 6.04 Å². The van der Waals surface area contributed by atoms with Crippen molar-refractivity contribution in [1.82, 2.24) is 20.4 Å². The minimum atomic E-state index is -0.475. The Balaban J connectivity index is 1.79. The molecule has 2 rings (SSSR count). The van der Waals surface area contributed by atoms with E-state index in [1.54, 1.807) is 0 Å². The van der Waals surface area contributed by atoms with Crippen LogP contribution in [0.15, 0.2) is 0 Å². The monoisotopic (exact) mass is 408 g/mol. The van der Waals surface area contributed by atoms with Gasteiger partial charge in [-0.05, 0) is 32.7 Å². The lowest BCUT2D eigenvalue weighted by atomic mass is 10.0. The van der Waals surface area contributed by atoms with Crippen LogP contribution in [0.2, 0.25) is 0 Å². The van der Waals surface area contributed by atoms with Crippen LogP contribution in [-0.4, -0.2) is 79.3 Å². The lowest BCUT2D eigenvalue weighted by Crippen LogP contribution is -2.53. The maximum atomic E-state index is 12.8. The van der Waals surface area contributed by atoms with Gasteiger partial charge in [0.2, 0.25) is 11.8 Å². The van der Waals surface area contributed by atoms with Crippen molar-refractivity contribution in [2.75, 3.05) is 39.8 Å². The third-order valence-corrected chi connectivity index (χ3v) is 6.16. The SMILES string of the molecule is CCC(=O)CCCCCC(NC(=O)CN1CCN(C)CC1)C(=O)NC1CCCC1. The number of nitrogens with zero attached hydrogens (tertiary/aromatic N) is 2. The Morgan fingerprint density at radius 3 is 2.34 bits per heavy atom. The molecule has 7 nitrogen and oxygen atoms in total. The smallest absolute Gasteiger partial charge is 0.242 e. The molecule has 2 amide bonds. The summed E-state index contributed by atoms with van der Waals surface area (Å²) in [4.78, 5) is 41.2. The number of rotatable bonds is 12. The lowest BCUT2D eigenvalue weighted by Gasteiger charge is -2.32. The highest BCUT2D eigenvalue weighted by molar-refractivity contribution is 5.88. The first-order valence-corrected chi connectivity index (χ1v) is 11.5. The van der Waals surface area contributed by atoms with Crippen molar-refractivity contribution in [3.8, 4) is 0 Å². The number of ketones is 1. The van der Waals surface area contributed by atoms with Crippen molar-refractivity contribution in [3.63, 3.8) is 0 Å². The molecule has 1 saturated heterocycles. The van der Waals surface area contributed by atoms with Crippen LogP contribution in [0.4, 0.5) is 0 Å². The van der Waals surface area contributed by atoms with Crippen LogP contribution >= 0.6 is 0 Å². The lowest BCUT2D eigenvalue weighted by molar-refractivity contribution is -0.130. The molecule has 0 radical (unpaired) electrons. The molecule has 1 unspecified atom stereocenters. The highest BCUT2D eigenvalue weighted by Crippen LogP contribution is 2.18. The van der Waals surface area contributed by atoms with Crippen molar-refractivity contribution >= 4 is 17.6 Å². The molecule has 1 saturated carbocycles. The van der Waals surface area contributed by atoms with Gasteiger partial charge in [0.1, 0.15) is 11.8 Å². The molecule has 1 aliphatic carbocycles. The van der Waals surface area contributed by atoms with E-state index in [4.69, 9.17) is 0 Å². The van der Waals surface area contributed by atoms with Gasteiger partial charge in [0.25, 0.3) is 0 Å². The van der Waals surface area contributed by atoms with Gasteiger partial charge in [-0.1, -0.05) is 32.6 Å². The van der Waals surface area contributed by atoms with Gasteiger partial charge in [-0.25, -0.2) is 0 Å². The minimum absolute atomic E-state index is 0.0479. The Hall–Kier alpha value is -1.47. The summed E-state index contributed by atoms with van der Waals surface area (Å²) in [5, 5.41) is 6.12. The van der Waals surface area contributed by atoms with Crippen molar-refractivity contribution in [2.45, 2.75) is 83.2 Å². The molecule has 0 aromatic carbocycles. The second-order valence-corrected chi connectivity index (χ2v) is 8.68. The quantitative estimate of drug-likeness (QED) is 0.481. The summed E-state index contributed by atoms with van der Waals surface area (Å²) in [6.07, 6.45) is 8.85. The first kappa shape index (κ1) is 23.8. The van der Waals surface area contributed by atoms with E-state index >= 15 is 0 Å². The molecule has 2 N–H and O–H groups in total. The molecule has 29 heavy (non-hydrogen) atoms. The summed E-state index contributed by atoms with van der Waals surface area (Å²) >= 11 is 0. The zero-order valence-electron chi connectivity index (χ0n) is 18.4. The Kier molecular flexibility index (Phi) is 10.6. The molecule has 1 atom stereocenters. The second-order valence-electron chi connectivity index (χ2n) is 8.68. The van der Waals surface area contributed by atoms with Crippen LogP contribution in [0, 0.1) is 0 Å². The largest absolute Gasteiger partial charge is 0.352 e. The fourth-order valence-electron chi connectivity index (χ4n) is 4.11. The third kappa shape index (κ3) is 9.26. The first-order chi connectivity index (χ1) is 14.0. The molecular weight excluding hydrogens is 368 g/mol. The van der Waals surface area contributed by atoms with Gasteiger partial charge in [-0.15, -0.1) is 0 Å². The van der Waals surface area contributed by atoms with Crippen molar-refractivity contribution in [2.24, 2.45) is 0 Å². The number of likely N-dealkylation sites (N-methyl/N-ethyl adjacent to an activating group) is 1. The Morgan fingerprint density at radius 1 is 1.00 bits per heavy atom. The Morgan fingerprint density at radius 2 is 1.69 bits per heavy atom. The number of amides is 2. The standard InChI is InChI=1S/C22H40N4O3/c1-3-19(27)11-5-4-6-12-20(22(29)23-18-9-7-8-10-18)24-21(28)17-26-15-13-25(2)14-16-26/h18,20H,3-17H2,1-2H3,(H,23,29)(H,24,28). The average molecular weight is 409 g/mol. The van der Waals surface area contributed by atoms with E-state index in [1.807, 2.05) is 6.92 Å². The van der Waals surface area contributed by atoms with Crippen LogP contribution < -0.4 is 10.6 Å². The molecular formula is C22H40N4O3. The zero-order valence-corrected chi connectivity index (χ0v) is 18.4. The van der Waals surface area contributed by atoms with Gasteiger partial charge in [-0.2, -0.15) is 0 Å². The van der Waals surface area contributed by atoms with Crippen LogP contribution in [0.25, 0.3) is 0 Å². The molecule has 1 heterocycles. The Labute approximate surface area is 175 Å². The maximum Gasteiger partial charge on any atom is 0.242 e. The van der Waals surface area contributed by atoms with E-state index in [-0.39, 0.29) is 17.9 Å². The molecule has 0 bridgehead atoms. The van der Waals surface area contributed by atoms with Crippen LogP contribution in [-0.2, 0) is 14.4 Å². The van der Waals surface area contributed by atoms with E-state index in [2.05, 4.69) is 27.5 Å². The highest BCUT2D eigenvalue weighted by atomic mass is 16.2. The molecule has 0 aromatic heterocycles. The average Bonchev–Trinajstić information content (AvgIpc) is 3.21. The number of hydrogen-bond acceptors (Lipinski definition) is 5. The van der Waals surface area contributed by atoms with Crippen LogP contribution in [0.5, 0.6) is 0 Å². The molecule has 1 aliphatic heterocycles.